The third kappa shape index (κ3) is 4.62. The van der Waals surface area contributed by atoms with Gasteiger partial charge in [-0.2, -0.15) is 0 Å². The summed E-state index contributed by atoms with van der Waals surface area (Å²) in [5.74, 6) is -2.99. The Hall–Kier alpha value is -2.84. The molecule has 2 amide bonds. The lowest BCUT2D eigenvalue weighted by atomic mass is 10.0. The van der Waals surface area contributed by atoms with Crippen LogP contribution in [0.4, 0.5) is 8.78 Å². The second-order valence-corrected chi connectivity index (χ2v) is 5.71. The van der Waals surface area contributed by atoms with E-state index in [4.69, 9.17) is 5.21 Å². The number of halogens is 2. The van der Waals surface area contributed by atoms with Gasteiger partial charge in [-0.25, -0.2) is 14.3 Å². The molecule has 2 unspecified atom stereocenters. The SMILES string of the molecule is CC(O)C(NC(=O)C1=CC=C(c2ccc(F)cc2F)C=CC1)C(=O)NO. The molecule has 2 rings (SSSR count). The van der Waals surface area contributed by atoms with Gasteiger partial charge in [-0.05, 0) is 31.1 Å². The first-order valence-electron chi connectivity index (χ1n) is 7.79. The standard InChI is InChI=1S/C18H18F2N2O4/c1-10(23)16(18(25)22-26)21-17(24)12-4-2-3-11(5-6-12)14-8-7-13(19)9-15(14)20/h2-3,5-10,16,23,26H,4H2,1H3,(H,21,24)(H,22,25). The molecule has 1 aromatic rings. The van der Waals surface area contributed by atoms with Crippen LogP contribution in [0.25, 0.3) is 5.57 Å². The fourth-order valence-corrected chi connectivity index (χ4v) is 2.41. The van der Waals surface area contributed by atoms with Crippen LogP contribution in [-0.4, -0.2) is 34.3 Å². The van der Waals surface area contributed by atoms with Crippen molar-refractivity contribution in [3.8, 4) is 0 Å². The van der Waals surface area contributed by atoms with E-state index in [0.29, 0.717) is 5.57 Å². The predicted molar refractivity (Wildman–Crippen MR) is 89.7 cm³/mol. The molecule has 1 aliphatic carbocycles. The zero-order valence-electron chi connectivity index (χ0n) is 13.9. The monoisotopic (exact) mass is 364 g/mol. The predicted octanol–water partition coefficient (Wildman–Crippen LogP) is 1.61. The summed E-state index contributed by atoms with van der Waals surface area (Å²) >= 11 is 0. The van der Waals surface area contributed by atoms with Crippen LogP contribution in [0.3, 0.4) is 0 Å². The summed E-state index contributed by atoms with van der Waals surface area (Å²) in [6.45, 7) is 1.29. The van der Waals surface area contributed by atoms with Crippen molar-refractivity contribution in [3.63, 3.8) is 0 Å². The van der Waals surface area contributed by atoms with Crippen molar-refractivity contribution in [2.75, 3.05) is 0 Å². The number of nitrogens with one attached hydrogen (secondary N) is 2. The quantitative estimate of drug-likeness (QED) is 0.471. The van der Waals surface area contributed by atoms with Gasteiger partial charge in [0.25, 0.3) is 5.91 Å². The van der Waals surface area contributed by atoms with E-state index in [2.05, 4.69) is 5.32 Å². The Bertz CT molecular complexity index is 800. The van der Waals surface area contributed by atoms with Gasteiger partial charge >= 0.3 is 0 Å². The first-order chi connectivity index (χ1) is 12.3. The van der Waals surface area contributed by atoms with Gasteiger partial charge < -0.3 is 10.4 Å². The summed E-state index contributed by atoms with van der Waals surface area (Å²) in [7, 11) is 0. The average Bonchev–Trinajstić information content (AvgIpc) is 2.84. The molecule has 6 nitrogen and oxygen atoms in total. The summed E-state index contributed by atoms with van der Waals surface area (Å²) in [6, 6.07) is 1.87. The van der Waals surface area contributed by atoms with E-state index in [-0.39, 0.29) is 17.6 Å². The molecule has 0 fully saturated rings. The highest BCUT2D eigenvalue weighted by Crippen LogP contribution is 2.23. The van der Waals surface area contributed by atoms with Gasteiger partial charge in [-0.3, -0.25) is 14.8 Å². The molecule has 0 saturated heterocycles. The van der Waals surface area contributed by atoms with Crippen molar-refractivity contribution in [2.24, 2.45) is 0 Å². The van der Waals surface area contributed by atoms with Crippen molar-refractivity contribution >= 4 is 17.4 Å². The second kappa shape index (κ2) is 8.50. The molecule has 2 atom stereocenters. The second-order valence-electron chi connectivity index (χ2n) is 5.71. The summed E-state index contributed by atoms with van der Waals surface area (Å²) in [5.41, 5.74) is 2.27. The average molecular weight is 364 g/mol. The highest BCUT2D eigenvalue weighted by molar-refractivity contribution is 5.98. The molecule has 26 heavy (non-hydrogen) atoms. The number of carbonyl (C=O) groups is 2. The number of rotatable bonds is 5. The fraction of sp³-hybridized carbons (Fsp3) is 0.222. The summed E-state index contributed by atoms with van der Waals surface area (Å²) in [4.78, 5) is 23.8. The van der Waals surface area contributed by atoms with Gasteiger partial charge in [-0.1, -0.05) is 24.3 Å². The Balaban J connectivity index is 2.22. The van der Waals surface area contributed by atoms with Crippen LogP contribution < -0.4 is 10.8 Å². The Morgan fingerprint density at radius 2 is 1.96 bits per heavy atom. The highest BCUT2D eigenvalue weighted by atomic mass is 19.1. The molecular weight excluding hydrogens is 346 g/mol. The van der Waals surface area contributed by atoms with Crippen molar-refractivity contribution in [1.82, 2.24) is 10.8 Å². The molecule has 0 spiro atoms. The summed E-state index contributed by atoms with van der Waals surface area (Å²) in [5, 5.41) is 20.5. The minimum atomic E-state index is -1.33. The number of aliphatic hydroxyl groups is 1. The first-order valence-corrected chi connectivity index (χ1v) is 7.79. The van der Waals surface area contributed by atoms with Crippen LogP contribution in [-0.2, 0) is 9.59 Å². The number of hydroxylamine groups is 1. The summed E-state index contributed by atoms with van der Waals surface area (Å²) in [6.07, 6.45) is 5.13. The molecule has 1 aliphatic rings. The van der Waals surface area contributed by atoms with Gasteiger partial charge in [-0.15, -0.1) is 0 Å². The number of aliphatic hydroxyl groups excluding tert-OH is 1. The number of benzene rings is 1. The maximum absolute atomic E-state index is 13.9. The molecular formula is C18H18F2N2O4. The van der Waals surface area contributed by atoms with Crippen LogP contribution in [0.5, 0.6) is 0 Å². The molecule has 0 saturated carbocycles. The normalized spacial score (nSPS) is 16.0. The van der Waals surface area contributed by atoms with E-state index in [9.17, 15) is 23.5 Å². The van der Waals surface area contributed by atoms with Crippen LogP contribution in [0.2, 0.25) is 0 Å². The van der Waals surface area contributed by atoms with E-state index in [0.717, 1.165) is 12.1 Å². The Morgan fingerprint density at radius 3 is 2.58 bits per heavy atom. The summed E-state index contributed by atoms with van der Waals surface area (Å²) < 4.78 is 26.9. The van der Waals surface area contributed by atoms with Gasteiger partial charge in [0, 0.05) is 17.2 Å². The molecule has 0 aromatic heterocycles. The lowest BCUT2D eigenvalue weighted by molar-refractivity contribution is -0.136. The molecule has 8 heteroatoms. The largest absolute Gasteiger partial charge is 0.391 e. The van der Waals surface area contributed by atoms with Crippen LogP contribution in [0.1, 0.15) is 18.9 Å². The van der Waals surface area contributed by atoms with Crippen molar-refractivity contribution in [2.45, 2.75) is 25.5 Å². The molecule has 0 heterocycles. The molecule has 0 aliphatic heterocycles. The van der Waals surface area contributed by atoms with E-state index in [1.807, 2.05) is 0 Å². The lowest BCUT2D eigenvalue weighted by Gasteiger charge is -2.19. The number of hydrogen-bond acceptors (Lipinski definition) is 4. The van der Waals surface area contributed by atoms with Gasteiger partial charge in [0.2, 0.25) is 5.91 Å². The third-order valence-corrected chi connectivity index (χ3v) is 3.79. The van der Waals surface area contributed by atoms with Crippen molar-refractivity contribution in [1.29, 1.82) is 0 Å². The van der Waals surface area contributed by atoms with Crippen LogP contribution in [0, 0.1) is 11.6 Å². The number of allylic oxidation sites excluding steroid dienone is 5. The van der Waals surface area contributed by atoms with Crippen molar-refractivity contribution < 1.29 is 28.7 Å². The maximum atomic E-state index is 13.9. The molecule has 0 radical (unpaired) electrons. The Morgan fingerprint density at radius 1 is 1.23 bits per heavy atom. The zero-order chi connectivity index (χ0) is 19.3. The van der Waals surface area contributed by atoms with Crippen molar-refractivity contribution in [3.05, 3.63) is 65.3 Å². The minimum Gasteiger partial charge on any atom is -0.391 e. The minimum absolute atomic E-state index is 0.182. The number of carbonyl (C=O) groups excluding carboxylic acids is 2. The van der Waals surface area contributed by atoms with Gasteiger partial charge in [0.15, 0.2) is 0 Å². The molecule has 0 bridgehead atoms. The number of amides is 2. The number of hydrogen-bond donors (Lipinski definition) is 4. The fourth-order valence-electron chi connectivity index (χ4n) is 2.41. The lowest BCUT2D eigenvalue weighted by Crippen LogP contribution is -2.52. The van der Waals surface area contributed by atoms with Gasteiger partial charge in [0.05, 0.1) is 6.10 Å². The van der Waals surface area contributed by atoms with E-state index < -0.39 is 35.6 Å². The van der Waals surface area contributed by atoms with E-state index >= 15 is 0 Å². The van der Waals surface area contributed by atoms with Gasteiger partial charge in [0.1, 0.15) is 17.7 Å². The smallest absolute Gasteiger partial charge is 0.268 e. The topological polar surface area (TPSA) is 98.7 Å². The highest BCUT2D eigenvalue weighted by Gasteiger charge is 2.26. The Kier molecular flexibility index (Phi) is 6.37. The third-order valence-electron chi connectivity index (χ3n) is 3.79. The van der Waals surface area contributed by atoms with Crippen LogP contribution >= 0.6 is 0 Å². The maximum Gasteiger partial charge on any atom is 0.268 e. The first kappa shape index (κ1) is 19.5. The Labute approximate surface area is 148 Å². The zero-order valence-corrected chi connectivity index (χ0v) is 13.9. The molecule has 1 aromatic carbocycles. The molecule has 138 valence electrons. The van der Waals surface area contributed by atoms with Crippen LogP contribution in [0.15, 0.2) is 48.1 Å². The molecule has 4 N–H and O–H groups in total. The van der Waals surface area contributed by atoms with E-state index in [1.54, 1.807) is 12.2 Å². The van der Waals surface area contributed by atoms with E-state index in [1.165, 1.54) is 30.6 Å².